The molecule has 0 heterocycles. The molecule has 0 saturated heterocycles. The Hall–Kier alpha value is -2.93. The molecule has 1 atom stereocenters. The number of hydrogen-bond donors (Lipinski definition) is 2. The van der Waals surface area contributed by atoms with E-state index in [9.17, 15) is 24.8 Å². The Morgan fingerprint density at radius 1 is 1.21 bits per heavy atom. The number of hydrogen-bond acceptors (Lipinski definition) is 4. The lowest BCUT2D eigenvalue weighted by atomic mass is 10.1. The van der Waals surface area contributed by atoms with Gasteiger partial charge in [0.05, 0.1) is 11.3 Å². The molecular weight excluding hydrogens is 336 g/mol. The third kappa shape index (κ3) is 4.30. The summed E-state index contributed by atoms with van der Waals surface area (Å²) in [6.07, 6.45) is -0.329. The van der Waals surface area contributed by atoms with E-state index in [0.717, 1.165) is 6.07 Å². The zero-order valence-corrected chi connectivity index (χ0v) is 13.1. The number of nitrogens with one attached hydrogen (secondary N) is 1. The summed E-state index contributed by atoms with van der Waals surface area (Å²) in [7, 11) is 0. The molecule has 2 N–H and O–H groups in total. The quantitative estimate of drug-likeness (QED) is 0.616. The number of carbonyl (C=O) groups is 2. The van der Waals surface area contributed by atoms with Gasteiger partial charge in [-0.05, 0) is 11.6 Å². The molecule has 0 spiro atoms. The molecule has 0 aliphatic rings. The second-order valence-corrected chi connectivity index (χ2v) is 5.39. The molecule has 0 saturated carbocycles. The standard InChI is InChI=1S/C16H13ClN2O5/c17-12-7-6-11(13(9-12)19(23)24)8-14(20)18-15(16(21)22)10-4-2-1-3-5-10/h1-7,9,15H,8H2,(H,18,20)(H,21,22). The predicted molar refractivity (Wildman–Crippen MR) is 86.8 cm³/mol. The van der Waals surface area contributed by atoms with Gasteiger partial charge in [0.2, 0.25) is 5.91 Å². The number of nitro groups is 1. The summed E-state index contributed by atoms with van der Waals surface area (Å²) in [5, 5.41) is 22.9. The van der Waals surface area contributed by atoms with E-state index in [2.05, 4.69) is 5.32 Å². The fourth-order valence-electron chi connectivity index (χ4n) is 2.17. The Labute approximate surface area is 142 Å². The third-order valence-corrected chi connectivity index (χ3v) is 3.52. The van der Waals surface area contributed by atoms with Crippen LogP contribution in [0, 0.1) is 10.1 Å². The number of nitro benzene ring substituents is 1. The Kier molecular flexibility index (Phi) is 5.49. The summed E-state index contributed by atoms with van der Waals surface area (Å²) in [6.45, 7) is 0. The van der Waals surface area contributed by atoms with Crippen LogP contribution in [0.15, 0.2) is 48.5 Å². The monoisotopic (exact) mass is 348 g/mol. The van der Waals surface area contributed by atoms with Crippen LogP contribution in [0.2, 0.25) is 5.02 Å². The molecule has 7 nitrogen and oxygen atoms in total. The van der Waals surface area contributed by atoms with Crippen molar-refractivity contribution in [2.45, 2.75) is 12.5 Å². The lowest BCUT2D eigenvalue weighted by Crippen LogP contribution is -2.34. The van der Waals surface area contributed by atoms with Crippen molar-refractivity contribution in [3.63, 3.8) is 0 Å². The highest BCUT2D eigenvalue weighted by molar-refractivity contribution is 6.30. The van der Waals surface area contributed by atoms with Crippen LogP contribution in [0.3, 0.4) is 0 Å². The van der Waals surface area contributed by atoms with Crippen molar-refractivity contribution in [1.29, 1.82) is 0 Å². The second-order valence-electron chi connectivity index (χ2n) is 4.96. The van der Waals surface area contributed by atoms with Crippen LogP contribution in [0.25, 0.3) is 0 Å². The van der Waals surface area contributed by atoms with Crippen molar-refractivity contribution < 1.29 is 19.6 Å². The van der Waals surface area contributed by atoms with E-state index in [1.54, 1.807) is 30.3 Å². The minimum Gasteiger partial charge on any atom is -0.479 e. The van der Waals surface area contributed by atoms with Crippen LogP contribution in [0.1, 0.15) is 17.2 Å². The number of halogens is 1. The van der Waals surface area contributed by atoms with Gasteiger partial charge >= 0.3 is 5.97 Å². The smallest absolute Gasteiger partial charge is 0.330 e. The number of aliphatic carboxylic acids is 1. The molecule has 1 unspecified atom stereocenters. The van der Waals surface area contributed by atoms with E-state index >= 15 is 0 Å². The average Bonchev–Trinajstić information content (AvgIpc) is 2.54. The SMILES string of the molecule is O=C(Cc1ccc(Cl)cc1[N+](=O)[O-])NC(C(=O)O)c1ccccc1. The molecule has 2 rings (SSSR count). The predicted octanol–water partition coefficient (Wildman–Crippen LogP) is 2.73. The van der Waals surface area contributed by atoms with Crippen molar-refractivity contribution in [3.8, 4) is 0 Å². The first-order valence-electron chi connectivity index (χ1n) is 6.88. The number of carboxylic acids is 1. The van der Waals surface area contributed by atoms with E-state index in [1.165, 1.54) is 12.1 Å². The summed E-state index contributed by atoms with van der Waals surface area (Å²) >= 11 is 5.72. The van der Waals surface area contributed by atoms with Crippen molar-refractivity contribution >= 4 is 29.2 Å². The third-order valence-electron chi connectivity index (χ3n) is 3.28. The van der Waals surface area contributed by atoms with E-state index < -0.39 is 22.8 Å². The fourth-order valence-corrected chi connectivity index (χ4v) is 2.34. The maximum absolute atomic E-state index is 12.1. The van der Waals surface area contributed by atoms with Crippen molar-refractivity contribution in [2.24, 2.45) is 0 Å². The van der Waals surface area contributed by atoms with Crippen LogP contribution in [-0.2, 0) is 16.0 Å². The van der Waals surface area contributed by atoms with Crippen LogP contribution >= 0.6 is 11.6 Å². The molecule has 0 bridgehead atoms. The molecule has 0 aromatic heterocycles. The lowest BCUT2D eigenvalue weighted by Gasteiger charge is -2.15. The molecule has 1 amide bonds. The molecule has 2 aromatic rings. The average molecular weight is 349 g/mol. The largest absolute Gasteiger partial charge is 0.479 e. The van der Waals surface area contributed by atoms with Crippen LogP contribution in [0.4, 0.5) is 5.69 Å². The fraction of sp³-hybridized carbons (Fsp3) is 0.125. The van der Waals surface area contributed by atoms with Gasteiger partial charge in [0.1, 0.15) is 0 Å². The van der Waals surface area contributed by atoms with Crippen molar-refractivity contribution in [2.75, 3.05) is 0 Å². The van der Waals surface area contributed by atoms with Crippen LogP contribution in [0.5, 0.6) is 0 Å². The summed E-state index contributed by atoms with van der Waals surface area (Å²) < 4.78 is 0. The molecule has 0 aliphatic heterocycles. The Morgan fingerprint density at radius 3 is 2.46 bits per heavy atom. The zero-order chi connectivity index (χ0) is 17.7. The van der Waals surface area contributed by atoms with E-state index in [4.69, 9.17) is 11.6 Å². The lowest BCUT2D eigenvalue weighted by molar-refractivity contribution is -0.385. The number of carboxylic acid groups (broad SMARTS) is 1. The minimum atomic E-state index is -1.23. The minimum absolute atomic E-state index is 0.152. The topological polar surface area (TPSA) is 110 Å². The highest BCUT2D eigenvalue weighted by atomic mass is 35.5. The van der Waals surface area contributed by atoms with Gasteiger partial charge in [0.15, 0.2) is 6.04 Å². The first kappa shape index (κ1) is 17.4. The van der Waals surface area contributed by atoms with Gasteiger partial charge in [-0.15, -0.1) is 0 Å². The first-order chi connectivity index (χ1) is 11.4. The van der Waals surface area contributed by atoms with Gasteiger partial charge in [0.25, 0.3) is 5.69 Å². The summed E-state index contributed by atoms with van der Waals surface area (Å²) in [6, 6.07) is 10.9. The van der Waals surface area contributed by atoms with Gasteiger partial charge in [-0.1, -0.05) is 48.0 Å². The number of rotatable bonds is 6. The number of amides is 1. The number of carbonyl (C=O) groups excluding carboxylic acids is 1. The molecule has 0 radical (unpaired) electrons. The van der Waals surface area contributed by atoms with Crippen LogP contribution < -0.4 is 5.32 Å². The molecule has 8 heteroatoms. The number of benzene rings is 2. The van der Waals surface area contributed by atoms with Crippen molar-refractivity contribution in [1.82, 2.24) is 5.32 Å². The number of nitrogens with zero attached hydrogens (tertiary/aromatic N) is 1. The van der Waals surface area contributed by atoms with E-state index in [1.807, 2.05) is 0 Å². The van der Waals surface area contributed by atoms with Gasteiger partial charge in [-0.2, -0.15) is 0 Å². The van der Waals surface area contributed by atoms with Gasteiger partial charge in [0, 0.05) is 16.7 Å². The van der Waals surface area contributed by atoms with E-state index in [0.29, 0.717) is 5.56 Å². The molecule has 0 aliphatic carbocycles. The normalized spacial score (nSPS) is 11.5. The van der Waals surface area contributed by atoms with Crippen molar-refractivity contribution in [3.05, 3.63) is 74.8 Å². The highest BCUT2D eigenvalue weighted by Gasteiger charge is 2.23. The van der Waals surface area contributed by atoms with Gasteiger partial charge in [-0.3, -0.25) is 14.9 Å². The van der Waals surface area contributed by atoms with Gasteiger partial charge in [-0.25, -0.2) is 4.79 Å². The Morgan fingerprint density at radius 2 is 1.88 bits per heavy atom. The summed E-state index contributed by atoms with van der Waals surface area (Å²) in [5.74, 6) is -1.86. The second kappa shape index (κ2) is 7.56. The van der Waals surface area contributed by atoms with E-state index in [-0.39, 0.29) is 22.7 Å². The Bertz CT molecular complexity index is 779. The molecule has 2 aromatic carbocycles. The summed E-state index contributed by atoms with van der Waals surface area (Å²) in [4.78, 5) is 33.9. The maximum Gasteiger partial charge on any atom is 0.330 e. The molecule has 24 heavy (non-hydrogen) atoms. The zero-order valence-electron chi connectivity index (χ0n) is 12.3. The maximum atomic E-state index is 12.1. The van der Waals surface area contributed by atoms with Gasteiger partial charge < -0.3 is 10.4 Å². The molecular formula is C16H13ClN2O5. The highest BCUT2D eigenvalue weighted by Crippen LogP contribution is 2.24. The van der Waals surface area contributed by atoms with Crippen LogP contribution in [-0.4, -0.2) is 21.9 Å². The first-order valence-corrected chi connectivity index (χ1v) is 7.26. The Balaban J connectivity index is 2.18. The molecule has 124 valence electrons. The summed E-state index contributed by atoms with van der Waals surface area (Å²) in [5.41, 5.74) is 0.271. The molecule has 0 fully saturated rings.